The summed E-state index contributed by atoms with van der Waals surface area (Å²) in [6, 6.07) is 27.3. The van der Waals surface area contributed by atoms with Gasteiger partial charge in [0.1, 0.15) is 28.5 Å². The highest BCUT2D eigenvalue weighted by molar-refractivity contribution is 5.89. The van der Waals surface area contributed by atoms with Crippen LogP contribution in [0.2, 0.25) is 0 Å². The van der Waals surface area contributed by atoms with Crippen LogP contribution in [0.1, 0.15) is 123 Å². The van der Waals surface area contributed by atoms with Crippen molar-refractivity contribution in [1.82, 2.24) is 9.97 Å². The van der Waals surface area contributed by atoms with Crippen molar-refractivity contribution in [2.24, 2.45) is 11.3 Å². The van der Waals surface area contributed by atoms with E-state index in [1.807, 2.05) is 84.0 Å². The van der Waals surface area contributed by atoms with Gasteiger partial charge in [0, 0.05) is 5.56 Å². The molecule has 0 amide bonds. The highest BCUT2D eigenvalue weighted by atomic mass is 16.6. The van der Waals surface area contributed by atoms with Crippen molar-refractivity contribution in [1.29, 1.82) is 0 Å². The summed E-state index contributed by atoms with van der Waals surface area (Å²) < 4.78 is 22.9. The Bertz CT molecular complexity index is 2340. The standard InChI is InChI=1S/C51H62N2O6/c1-32(2)33-18-21-41-35(26-33)19-23-43-50(9,24-13-25-51(41,43)10)29-40-39(34-14-11-16-37(27-34)56-30-44(54)58-48(3,4)5)20-22-42-46(40)53-47(52-42)36-15-12-17-38(28-36)57-31-45(55)59-49(6,7)8/h11-12,14-18,20-22,26-28,32,43H,13,19,23-25,29-31H2,1-10H3,(H,52,53)/t43-,50+,51+/m0/s1. The molecule has 1 saturated carbocycles. The Morgan fingerprint density at radius 2 is 1.42 bits per heavy atom. The molecule has 8 nitrogen and oxygen atoms in total. The second-order valence-corrected chi connectivity index (χ2v) is 19.6. The van der Waals surface area contributed by atoms with E-state index in [0.717, 1.165) is 65.7 Å². The second kappa shape index (κ2) is 16.2. The predicted octanol–water partition coefficient (Wildman–Crippen LogP) is 11.7. The molecule has 1 N–H and O–H groups in total. The van der Waals surface area contributed by atoms with E-state index in [1.54, 1.807) is 0 Å². The highest BCUT2D eigenvalue weighted by Crippen LogP contribution is 2.59. The maximum Gasteiger partial charge on any atom is 0.344 e. The SMILES string of the molecule is CC(C)c1ccc2c(c1)CC[C@H]1[C@@](C)(Cc3c(-c4cccc(OCC(=O)OC(C)(C)C)c4)ccc4[nH]c(-c5cccc(OCC(=O)OC(C)(C)C)c5)nc34)CCC[C@]21C. The van der Waals surface area contributed by atoms with E-state index in [9.17, 15) is 9.59 Å². The number of aromatic nitrogens is 2. The van der Waals surface area contributed by atoms with E-state index in [4.69, 9.17) is 23.9 Å². The molecule has 1 fully saturated rings. The van der Waals surface area contributed by atoms with Gasteiger partial charge >= 0.3 is 11.9 Å². The van der Waals surface area contributed by atoms with Crippen LogP contribution in [-0.2, 0) is 37.3 Å². The molecule has 8 heteroatoms. The molecular formula is C51H62N2O6. The van der Waals surface area contributed by atoms with Crippen molar-refractivity contribution < 1.29 is 28.5 Å². The van der Waals surface area contributed by atoms with Crippen molar-refractivity contribution in [2.75, 3.05) is 13.2 Å². The molecule has 2 aliphatic rings. The fourth-order valence-corrected chi connectivity index (χ4v) is 9.85. The zero-order valence-electron chi connectivity index (χ0n) is 36.7. The molecule has 0 aliphatic heterocycles. The molecule has 312 valence electrons. The lowest BCUT2D eigenvalue weighted by atomic mass is 9.48. The zero-order valence-corrected chi connectivity index (χ0v) is 36.7. The second-order valence-electron chi connectivity index (χ2n) is 19.6. The molecule has 0 bridgehead atoms. The number of benzene rings is 4. The lowest BCUT2D eigenvalue weighted by Crippen LogP contribution is -2.50. The molecule has 0 unspecified atom stereocenters. The van der Waals surface area contributed by atoms with Gasteiger partial charge in [-0.25, -0.2) is 14.6 Å². The van der Waals surface area contributed by atoms with E-state index in [2.05, 4.69) is 69.1 Å². The molecule has 2 aliphatic carbocycles. The number of carbonyl (C=O) groups excluding carboxylic acids is 2. The Labute approximate surface area is 350 Å². The minimum atomic E-state index is -0.591. The van der Waals surface area contributed by atoms with Crippen LogP contribution in [0.4, 0.5) is 0 Å². The number of hydrogen-bond acceptors (Lipinski definition) is 7. The van der Waals surface area contributed by atoms with Crippen molar-refractivity contribution >= 4 is 23.0 Å². The van der Waals surface area contributed by atoms with Crippen LogP contribution in [0.15, 0.2) is 78.9 Å². The monoisotopic (exact) mass is 798 g/mol. The summed E-state index contributed by atoms with van der Waals surface area (Å²) in [7, 11) is 0. The number of rotatable bonds is 11. The van der Waals surface area contributed by atoms with Crippen molar-refractivity contribution in [3.63, 3.8) is 0 Å². The molecule has 5 aromatic rings. The van der Waals surface area contributed by atoms with Crippen LogP contribution >= 0.6 is 0 Å². The zero-order chi connectivity index (χ0) is 42.3. The number of ether oxygens (including phenoxy) is 4. The smallest absolute Gasteiger partial charge is 0.344 e. The first kappa shape index (κ1) is 42.0. The van der Waals surface area contributed by atoms with Gasteiger partial charge in [-0.05, 0) is 160 Å². The molecular weight excluding hydrogens is 737 g/mol. The molecule has 0 radical (unpaired) electrons. The molecule has 3 atom stereocenters. The third-order valence-electron chi connectivity index (χ3n) is 12.3. The highest BCUT2D eigenvalue weighted by Gasteiger charge is 2.52. The Morgan fingerprint density at radius 3 is 2.05 bits per heavy atom. The third kappa shape index (κ3) is 9.37. The largest absolute Gasteiger partial charge is 0.482 e. The first-order valence-corrected chi connectivity index (χ1v) is 21.4. The summed E-state index contributed by atoms with van der Waals surface area (Å²) in [5.41, 5.74) is 9.42. The third-order valence-corrected chi connectivity index (χ3v) is 12.3. The van der Waals surface area contributed by atoms with Crippen LogP contribution in [0.5, 0.6) is 11.5 Å². The van der Waals surface area contributed by atoms with Gasteiger partial charge in [0.2, 0.25) is 0 Å². The number of nitrogens with zero attached hydrogens (tertiary/aromatic N) is 1. The Morgan fingerprint density at radius 1 is 0.797 bits per heavy atom. The first-order valence-electron chi connectivity index (χ1n) is 21.4. The van der Waals surface area contributed by atoms with Gasteiger partial charge in [0.25, 0.3) is 0 Å². The summed E-state index contributed by atoms with van der Waals surface area (Å²) in [5.74, 6) is 2.06. The molecule has 7 rings (SSSR count). The first-order chi connectivity index (χ1) is 27.8. The number of carbonyl (C=O) groups is 2. The number of esters is 2. The molecule has 0 spiro atoms. The van der Waals surface area contributed by atoms with Gasteiger partial charge in [-0.15, -0.1) is 0 Å². The topological polar surface area (TPSA) is 99.7 Å². The number of aryl methyl sites for hydroxylation is 1. The van der Waals surface area contributed by atoms with Gasteiger partial charge in [-0.1, -0.05) is 82.6 Å². The van der Waals surface area contributed by atoms with Gasteiger partial charge in [-0.3, -0.25) is 0 Å². The van der Waals surface area contributed by atoms with E-state index >= 15 is 0 Å². The number of imidazole rings is 1. The number of fused-ring (bicyclic) bond motifs is 4. The molecule has 1 aromatic heterocycles. The summed E-state index contributed by atoms with van der Waals surface area (Å²) in [6.45, 7) is 20.3. The average Bonchev–Trinajstić information content (AvgIpc) is 3.60. The number of H-pyrrole nitrogens is 1. The van der Waals surface area contributed by atoms with Crippen LogP contribution in [0.3, 0.4) is 0 Å². The Balaban J connectivity index is 1.27. The van der Waals surface area contributed by atoms with E-state index in [1.165, 1.54) is 28.7 Å². The number of nitrogens with one attached hydrogen (secondary N) is 1. The minimum absolute atomic E-state index is 0.00377. The van der Waals surface area contributed by atoms with Crippen LogP contribution in [-0.4, -0.2) is 46.3 Å². The molecule has 0 saturated heterocycles. The van der Waals surface area contributed by atoms with Crippen molar-refractivity contribution in [3.8, 4) is 34.0 Å². The molecule has 4 aromatic carbocycles. The van der Waals surface area contributed by atoms with Gasteiger partial charge in [0.15, 0.2) is 13.2 Å². The summed E-state index contributed by atoms with van der Waals surface area (Å²) in [5, 5.41) is 0. The van der Waals surface area contributed by atoms with Crippen LogP contribution in [0, 0.1) is 11.3 Å². The fraction of sp³-hybridized carbons (Fsp3) is 0.471. The molecule has 59 heavy (non-hydrogen) atoms. The average molecular weight is 799 g/mol. The van der Waals surface area contributed by atoms with Crippen LogP contribution in [0.25, 0.3) is 33.5 Å². The van der Waals surface area contributed by atoms with Gasteiger partial charge in [-0.2, -0.15) is 0 Å². The van der Waals surface area contributed by atoms with E-state index in [-0.39, 0.29) is 24.0 Å². The number of aromatic amines is 1. The summed E-state index contributed by atoms with van der Waals surface area (Å²) in [4.78, 5) is 34.0. The normalized spacial score (nSPS) is 20.5. The molecule has 1 heterocycles. The Kier molecular flexibility index (Phi) is 11.5. The van der Waals surface area contributed by atoms with Crippen molar-refractivity contribution in [2.45, 2.75) is 130 Å². The van der Waals surface area contributed by atoms with Gasteiger partial charge in [0.05, 0.1) is 11.0 Å². The van der Waals surface area contributed by atoms with Crippen LogP contribution < -0.4 is 9.47 Å². The summed E-state index contributed by atoms with van der Waals surface area (Å²) >= 11 is 0. The van der Waals surface area contributed by atoms with E-state index in [0.29, 0.717) is 23.3 Å². The lowest BCUT2D eigenvalue weighted by molar-refractivity contribution is -0.158. The van der Waals surface area contributed by atoms with E-state index < -0.39 is 23.1 Å². The maximum atomic E-state index is 12.6. The number of hydrogen-bond donors (Lipinski definition) is 1. The quantitative estimate of drug-likeness (QED) is 0.133. The van der Waals surface area contributed by atoms with Crippen molar-refractivity contribution in [3.05, 3.63) is 101 Å². The summed E-state index contributed by atoms with van der Waals surface area (Å²) in [6.07, 6.45) is 6.59. The maximum absolute atomic E-state index is 12.6. The minimum Gasteiger partial charge on any atom is -0.482 e. The lowest BCUT2D eigenvalue weighted by Gasteiger charge is -2.56. The Hall–Kier alpha value is -5.11. The fourth-order valence-electron chi connectivity index (χ4n) is 9.85. The van der Waals surface area contributed by atoms with Gasteiger partial charge < -0.3 is 23.9 Å². The predicted molar refractivity (Wildman–Crippen MR) is 235 cm³/mol.